The minimum Gasteiger partial charge on any atom is -0.481 e. The van der Waals surface area contributed by atoms with Crippen LogP contribution in [0, 0.1) is 23.7 Å². The molecule has 21 heavy (non-hydrogen) atoms. The number of halogens is 1. The molecular weight excluding hydrogens is 284 g/mol. The van der Waals surface area contributed by atoms with Crippen molar-refractivity contribution in [1.29, 1.82) is 5.26 Å². The van der Waals surface area contributed by atoms with Crippen LogP contribution in [-0.2, 0) is 6.54 Å². The van der Waals surface area contributed by atoms with Crippen LogP contribution in [0.15, 0.2) is 42.5 Å². The fraction of sp³-hybridized carbons (Fsp3) is 0.118. The molecule has 2 rings (SSSR count). The summed E-state index contributed by atoms with van der Waals surface area (Å²) in [5, 5.41) is 12.6. The number of hydrogen-bond donors (Lipinski definition) is 1. The zero-order valence-corrected chi connectivity index (χ0v) is 12.0. The van der Waals surface area contributed by atoms with E-state index in [0.29, 0.717) is 17.1 Å². The smallest absolute Gasteiger partial charge is 0.148 e. The van der Waals surface area contributed by atoms with Crippen molar-refractivity contribution in [1.82, 2.24) is 0 Å². The molecule has 2 aromatic carbocycles. The van der Waals surface area contributed by atoms with Gasteiger partial charge in [0.1, 0.15) is 12.4 Å². The first kappa shape index (κ1) is 14.8. The van der Waals surface area contributed by atoms with E-state index in [9.17, 15) is 0 Å². The van der Waals surface area contributed by atoms with Gasteiger partial charge >= 0.3 is 0 Å². The van der Waals surface area contributed by atoms with Crippen LogP contribution in [0.5, 0.6) is 5.75 Å². The molecule has 1 N–H and O–H groups in total. The fourth-order valence-electron chi connectivity index (χ4n) is 1.83. The van der Waals surface area contributed by atoms with Gasteiger partial charge < -0.3 is 10.1 Å². The molecule has 0 heterocycles. The molecule has 0 spiro atoms. The second kappa shape index (κ2) is 7.24. The minimum absolute atomic E-state index is 0.231. The number of ether oxygens (including phenoxy) is 1. The Morgan fingerprint density at radius 1 is 1.24 bits per heavy atom. The lowest BCUT2D eigenvalue weighted by molar-refractivity contribution is 0.366. The molecule has 0 bridgehead atoms. The summed E-state index contributed by atoms with van der Waals surface area (Å²) < 4.78 is 5.49. The maximum atomic E-state index is 8.82. The zero-order valence-electron chi connectivity index (χ0n) is 11.3. The fourth-order valence-corrected chi connectivity index (χ4v) is 2.08. The van der Waals surface area contributed by atoms with Gasteiger partial charge in [-0.25, -0.2) is 0 Å². The van der Waals surface area contributed by atoms with E-state index < -0.39 is 0 Å². The molecule has 0 amide bonds. The lowest BCUT2D eigenvalue weighted by atomic mass is 10.2. The Labute approximate surface area is 129 Å². The third-order valence-corrected chi connectivity index (χ3v) is 3.16. The number of anilines is 1. The second-order valence-corrected chi connectivity index (χ2v) is 4.67. The predicted molar refractivity (Wildman–Crippen MR) is 84.3 cm³/mol. The van der Waals surface area contributed by atoms with Gasteiger partial charge in [0.2, 0.25) is 0 Å². The van der Waals surface area contributed by atoms with Crippen molar-refractivity contribution in [3.05, 3.63) is 58.6 Å². The van der Waals surface area contributed by atoms with Crippen LogP contribution in [0.4, 0.5) is 5.69 Å². The molecule has 3 nitrogen and oxygen atoms in total. The summed E-state index contributed by atoms with van der Waals surface area (Å²) in [6, 6.07) is 14.8. The predicted octanol–water partition coefficient (Wildman–Crippen LogP) is 3.84. The molecule has 0 fully saturated rings. The first-order chi connectivity index (χ1) is 10.2. The summed E-state index contributed by atoms with van der Waals surface area (Å²) in [6.45, 7) is 0.779. The number of rotatable bonds is 5. The number of para-hydroxylation sites is 1. The average Bonchev–Trinajstić information content (AvgIpc) is 2.52. The van der Waals surface area contributed by atoms with E-state index in [4.69, 9.17) is 28.0 Å². The Balaban J connectivity index is 2.10. The van der Waals surface area contributed by atoms with Gasteiger partial charge in [-0.05, 0) is 24.3 Å². The van der Waals surface area contributed by atoms with Gasteiger partial charge in [-0.3, -0.25) is 0 Å². The molecule has 0 saturated heterocycles. The van der Waals surface area contributed by atoms with Gasteiger partial charge in [0.05, 0.1) is 22.3 Å². The molecule has 0 aromatic heterocycles. The lowest BCUT2D eigenvalue weighted by Gasteiger charge is -2.12. The molecule has 2 aromatic rings. The van der Waals surface area contributed by atoms with E-state index in [1.807, 2.05) is 24.3 Å². The summed E-state index contributed by atoms with van der Waals surface area (Å²) in [5.74, 6) is 3.19. The molecule has 0 aliphatic rings. The Morgan fingerprint density at radius 2 is 2.05 bits per heavy atom. The standard InChI is InChI=1S/C17H13ClN2O/c1-2-9-21-17-6-4-3-5-14(17)12-20-16-8-7-13(11-19)10-15(16)18/h1,3-8,10,20H,9,12H2. The largest absolute Gasteiger partial charge is 0.481 e. The Kier molecular flexibility index (Phi) is 5.10. The number of benzene rings is 2. The third kappa shape index (κ3) is 3.92. The maximum absolute atomic E-state index is 8.82. The molecule has 0 saturated carbocycles. The summed E-state index contributed by atoms with van der Waals surface area (Å²) in [7, 11) is 0. The van der Waals surface area contributed by atoms with Crippen LogP contribution in [0.1, 0.15) is 11.1 Å². The first-order valence-corrected chi connectivity index (χ1v) is 6.70. The van der Waals surface area contributed by atoms with Crippen molar-refractivity contribution in [3.63, 3.8) is 0 Å². The monoisotopic (exact) mass is 296 g/mol. The van der Waals surface area contributed by atoms with Crippen molar-refractivity contribution in [2.24, 2.45) is 0 Å². The van der Waals surface area contributed by atoms with Crippen LogP contribution in [0.3, 0.4) is 0 Å². The SMILES string of the molecule is C#CCOc1ccccc1CNc1ccc(C#N)cc1Cl. The van der Waals surface area contributed by atoms with Gasteiger partial charge in [-0.1, -0.05) is 35.7 Å². The van der Waals surface area contributed by atoms with Crippen LogP contribution in [0.25, 0.3) is 0 Å². The minimum atomic E-state index is 0.231. The van der Waals surface area contributed by atoms with E-state index in [0.717, 1.165) is 17.0 Å². The summed E-state index contributed by atoms with van der Waals surface area (Å²) in [6.07, 6.45) is 5.20. The molecule has 0 aliphatic heterocycles. The molecule has 0 atom stereocenters. The van der Waals surface area contributed by atoms with E-state index in [1.54, 1.807) is 18.2 Å². The van der Waals surface area contributed by atoms with Crippen molar-refractivity contribution >= 4 is 17.3 Å². The van der Waals surface area contributed by atoms with Crippen LogP contribution in [0.2, 0.25) is 5.02 Å². The van der Waals surface area contributed by atoms with Crippen LogP contribution in [-0.4, -0.2) is 6.61 Å². The third-order valence-electron chi connectivity index (χ3n) is 2.85. The highest BCUT2D eigenvalue weighted by molar-refractivity contribution is 6.33. The number of hydrogen-bond acceptors (Lipinski definition) is 3. The van der Waals surface area contributed by atoms with E-state index in [2.05, 4.69) is 17.3 Å². The van der Waals surface area contributed by atoms with Crippen molar-refractivity contribution < 1.29 is 4.74 Å². The number of nitriles is 1. The van der Waals surface area contributed by atoms with Gasteiger partial charge in [0, 0.05) is 12.1 Å². The molecule has 4 heteroatoms. The molecule has 0 unspecified atom stereocenters. The first-order valence-electron chi connectivity index (χ1n) is 6.32. The molecule has 104 valence electrons. The van der Waals surface area contributed by atoms with Crippen molar-refractivity contribution in [3.8, 4) is 24.2 Å². The summed E-state index contributed by atoms with van der Waals surface area (Å²) in [4.78, 5) is 0. The second-order valence-electron chi connectivity index (χ2n) is 4.26. The van der Waals surface area contributed by atoms with Crippen molar-refractivity contribution in [2.45, 2.75) is 6.54 Å². The highest BCUT2D eigenvalue weighted by Crippen LogP contribution is 2.25. The van der Waals surface area contributed by atoms with E-state index >= 15 is 0 Å². The highest BCUT2D eigenvalue weighted by atomic mass is 35.5. The number of terminal acetylenes is 1. The maximum Gasteiger partial charge on any atom is 0.148 e. The van der Waals surface area contributed by atoms with E-state index in [-0.39, 0.29) is 6.61 Å². The number of nitrogens with zero attached hydrogens (tertiary/aromatic N) is 1. The van der Waals surface area contributed by atoms with Gasteiger partial charge in [-0.2, -0.15) is 5.26 Å². The summed E-state index contributed by atoms with van der Waals surface area (Å²) >= 11 is 6.13. The molecule has 0 radical (unpaired) electrons. The highest BCUT2D eigenvalue weighted by Gasteiger charge is 2.05. The lowest BCUT2D eigenvalue weighted by Crippen LogP contribution is -2.04. The van der Waals surface area contributed by atoms with Gasteiger partial charge in [0.15, 0.2) is 0 Å². The molecular formula is C17H13ClN2O. The Bertz CT molecular complexity index is 713. The Hall–Kier alpha value is -2.62. The van der Waals surface area contributed by atoms with Crippen LogP contribution >= 0.6 is 11.6 Å². The normalized spacial score (nSPS) is 9.48. The Morgan fingerprint density at radius 3 is 2.76 bits per heavy atom. The van der Waals surface area contributed by atoms with Gasteiger partial charge in [-0.15, -0.1) is 6.42 Å². The molecule has 0 aliphatic carbocycles. The quantitative estimate of drug-likeness (QED) is 0.853. The van der Waals surface area contributed by atoms with E-state index in [1.165, 1.54) is 0 Å². The van der Waals surface area contributed by atoms with Crippen molar-refractivity contribution in [2.75, 3.05) is 11.9 Å². The zero-order chi connectivity index (χ0) is 15.1. The average molecular weight is 297 g/mol. The van der Waals surface area contributed by atoms with Gasteiger partial charge in [0.25, 0.3) is 0 Å². The summed E-state index contributed by atoms with van der Waals surface area (Å²) in [5.41, 5.74) is 2.28. The number of nitrogens with one attached hydrogen (secondary N) is 1. The van der Waals surface area contributed by atoms with Crippen LogP contribution < -0.4 is 10.1 Å². The topological polar surface area (TPSA) is 45.0 Å².